The molecule has 1 fully saturated rings. The lowest BCUT2D eigenvalue weighted by atomic mass is 9.43. The molecule has 0 radical (unpaired) electrons. The van der Waals surface area contributed by atoms with Gasteiger partial charge in [0.15, 0.2) is 0 Å². The highest BCUT2D eigenvalue weighted by Crippen LogP contribution is 2.36. The Labute approximate surface area is 72.9 Å². The standard InChI is InChI=1S/C9H21BSi/c1-10-8-6-5-7-9(10)11(2,3)4/h9H,5-8H2,1-4H3. The third-order valence-electron chi connectivity index (χ3n) is 3.22. The second kappa shape index (κ2) is 3.34. The molecule has 1 saturated heterocycles. The number of hydrogen-bond donors (Lipinski definition) is 0. The monoisotopic (exact) mass is 168 g/mol. The Hall–Kier alpha value is 0.282. The first-order chi connectivity index (χ1) is 5.02. The molecule has 2 heteroatoms. The predicted octanol–water partition coefficient (Wildman–Crippen LogP) is 3.54. The molecule has 0 aliphatic carbocycles. The lowest BCUT2D eigenvalue weighted by molar-refractivity contribution is 0.691. The molecule has 1 unspecified atom stereocenters. The van der Waals surface area contributed by atoms with Crippen molar-refractivity contribution in [3.63, 3.8) is 0 Å². The van der Waals surface area contributed by atoms with Crippen LogP contribution in [0.4, 0.5) is 0 Å². The zero-order chi connectivity index (χ0) is 8.48. The molecule has 1 aliphatic heterocycles. The summed E-state index contributed by atoms with van der Waals surface area (Å²) in [5.41, 5.74) is 1.11. The van der Waals surface area contributed by atoms with Crippen molar-refractivity contribution in [1.82, 2.24) is 0 Å². The van der Waals surface area contributed by atoms with E-state index in [-0.39, 0.29) is 0 Å². The van der Waals surface area contributed by atoms with Crippen molar-refractivity contribution in [2.45, 2.75) is 57.5 Å². The molecule has 0 aromatic heterocycles. The highest BCUT2D eigenvalue weighted by atomic mass is 28.3. The van der Waals surface area contributed by atoms with Crippen molar-refractivity contribution in [3.8, 4) is 0 Å². The molecule has 0 aromatic rings. The summed E-state index contributed by atoms with van der Waals surface area (Å²) in [5, 5.41) is 0. The van der Waals surface area contributed by atoms with Gasteiger partial charge in [0.25, 0.3) is 0 Å². The lowest BCUT2D eigenvalue weighted by Gasteiger charge is -2.35. The third kappa shape index (κ3) is 2.36. The lowest BCUT2D eigenvalue weighted by Crippen LogP contribution is -2.39. The summed E-state index contributed by atoms with van der Waals surface area (Å²) in [6.45, 7) is 11.1. The van der Waals surface area contributed by atoms with Crippen LogP contribution in [0.5, 0.6) is 0 Å². The van der Waals surface area contributed by atoms with Crippen LogP contribution in [0.15, 0.2) is 0 Å². The maximum Gasteiger partial charge on any atom is 0.137 e. The summed E-state index contributed by atoms with van der Waals surface area (Å²) in [7, 11) is -0.819. The van der Waals surface area contributed by atoms with Gasteiger partial charge in [-0.15, -0.1) is 0 Å². The minimum Gasteiger partial charge on any atom is -0.0861 e. The highest BCUT2D eigenvalue weighted by molar-refractivity contribution is 6.89. The zero-order valence-electron chi connectivity index (χ0n) is 8.48. The maximum absolute atomic E-state index is 2.53. The molecule has 0 saturated carbocycles. The van der Waals surface area contributed by atoms with Gasteiger partial charge in [-0.1, -0.05) is 57.5 Å². The van der Waals surface area contributed by atoms with E-state index in [2.05, 4.69) is 26.5 Å². The van der Waals surface area contributed by atoms with Crippen LogP contribution in [0.2, 0.25) is 38.2 Å². The van der Waals surface area contributed by atoms with Crippen molar-refractivity contribution >= 4 is 14.8 Å². The van der Waals surface area contributed by atoms with Crippen LogP contribution in [0.25, 0.3) is 0 Å². The molecule has 0 amide bonds. The Morgan fingerprint density at radius 2 is 1.82 bits per heavy atom. The van der Waals surface area contributed by atoms with E-state index in [9.17, 15) is 0 Å². The van der Waals surface area contributed by atoms with Crippen LogP contribution in [-0.4, -0.2) is 14.8 Å². The van der Waals surface area contributed by atoms with Gasteiger partial charge >= 0.3 is 0 Å². The van der Waals surface area contributed by atoms with Crippen LogP contribution >= 0.6 is 0 Å². The van der Waals surface area contributed by atoms with Crippen molar-refractivity contribution in [3.05, 3.63) is 0 Å². The first kappa shape index (κ1) is 9.37. The second-order valence-corrected chi connectivity index (χ2v) is 10.7. The van der Waals surface area contributed by atoms with Gasteiger partial charge in [0.1, 0.15) is 6.71 Å². The fourth-order valence-corrected chi connectivity index (χ4v) is 5.55. The molecular weight excluding hydrogens is 147 g/mol. The average Bonchev–Trinajstić information content (AvgIpc) is 1.86. The molecule has 64 valence electrons. The molecule has 11 heavy (non-hydrogen) atoms. The van der Waals surface area contributed by atoms with Crippen LogP contribution in [0.1, 0.15) is 19.3 Å². The average molecular weight is 168 g/mol. The first-order valence-corrected chi connectivity index (χ1v) is 8.59. The summed E-state index contributed by atoms with van der Waals surface area (Å²) in [5.74, 6) is 0. The minimum atomic E-state index is -0.819. The molecule has 1 atom stereocenters. The number of hydrogen-bond acceptors (Lipinski definition) is 0. The van der Waals surface area contributed by atoms with E-state index in [1.54, 1.807) is 0 Å². The largest absolute Gasteiger partial charge is 0.137 e. The Bertz CT molecular complexity index is 128. The molecule has 1 heterocycles. The minimum absolute atomic E-state index is 0.819. The fourth-order valence-electron chi connectivity index (χ4n) is 2.60. The van der Waals surface area contributed by atoms with Crippen molar-refractivity contribution in [2.75, 3.05) is 0 Å². The van der Waals surface area contributed by atoms with E-state index in [1.807, 2.05) is 0 Å². The van der Waals surface area contributed by atoms with Crippen molar-refractivity contribution in [1.29, 1.82) is 0 Å². The van der Waals surface area contributed by atoms with Gasteiger partial charge in [-0.2, -0.15) is 0 Å². The third-order valence-corrected chi connectivity index (χ3v) is 6.31. The molecule has 1 rings (SSSR count). The van der Waals surface area contributed by atoms with Gasteiger partial charge in [0, 0.05) is 8.07 Å². The van der Waals surface area contributed by atoms with Gasteiger partial charge in [-0.05, 0) is 0 Å². The van der Waals surface area contributed by atoms with E-state index in [0.29, 0.717) is 0 Å². The summed E-state index contributed by atoms with van der Waals surface area (Å²) in [4.78, 5) is 0. The van der Waals surface area contributed by atoms with Gasteiger partial charge in [-0.25, -0.2) is 0 Å². The van der Waals surface area contributed by atoms with Crippen LogP contribution in [-0.2, 0) is 0 Å². The van der Waals surface area contributed by atoms with E-state index in [0.717, 1.165) is 12.2 Å². The SMILES string of the molecule is CB1CCCCC1[Si](C)(C)C. The molecule has 0 aromatic carbocycles. The van der Waals surface area contributed by atoms with Crippen molar-refractivity contribution in [2.24, 2.45) is 0 Å². The quantitative estimate of drug-likeness (QED) is 0.525. The molecule has 0 spiro atoms. The Morgan fingerprint density at radius 3 is 2.18 bits per heavy atom. The molecule has 0 nitrogen and oxygen atoms in total. The zero-order valence-corrected chi connectivity index (χ0v) is 9.48. The molecule has 0 N–H and O–H groups in total. The van der Waals surface area contributed by atoms with E-state index >= 15 is 0 Å². The van der Waals surface area contributed by atoms with Gasteiger partial charge in [0.2, 0.25) is 0 Å². The molecular formula is C9H21BSi. The van der Waals surface area contributed by atoms with Crippen LogP contribution < -0.4 is 0 Å². The summed E-state index contributed by atoms with van der Waals surface area (Å²) >= 11 is 0. The second-order valence-electron chi connectivity index (χ2n) is 5.23. The Kier molecular flexibility index (Phi) is 2.85. The van der Waals surface area contributed by atoms with Gasteiger partial charge < -0.3 is 0 Å². The normalized spacial score (nSPS) is 27.3. The van der Waals surface area contributed by atoms with E-state index in [4.69, 9.17) is 0 Å². The maximum atomic E-state index is 2.53. The summed E-state index contributed by atoms with van der Waals surface area (Å²) in [6.07, 6.45) is 6.01. The smallest absolute Gasteiger partial charge is 0.0861 e. The topological polar surface area (TPSA) is 0 Å². The number of rotatable bonds is 1. The highest BCUT2D eigenvalue weighted by Gasteiger charge is 2.34. The van der Waals surface area contributed by atoms with Gasteiger partial charge in [0.05, 0.1) is 0 Å². The van der Waals surface area contributed by atoms with Crippen LogP contribution in [0, 0.1) is 0 Å². The summed E-state index contributed by atoms with van der Waals surface area (Å²) < 4.78 is 0. The first-order valence-electron chi connectivity index (χ1n) is 5.02. The molecule has 1 aliphatic rings. The van der Waals surface area contributed by atoms with E-state index in [1.165, 1.54) is 25.6 Å². The van der Waals surface area contributed by atoms with E-state index < -0.39 is 8.07 Å². The van der Waals surface area contributed by atoms with Crippen LogP contribution in [0.3, 0.4) is 0 Å². The predicted molar refractivity (Wildman–Crippen MR) is 57.4 cm³/mol. The van der Waals surface area contributed by atoms with Gasteiger partial charge in [-0.3, -0.25) is 0 Å². The van der Waals surface area contributed by atoms with Crippen molar-refractivity contribution < 1.29 is 0 Å². The fraction of sp³-hybridized carbons (Fsp3) is 1.00. The molecule has 0 bridgehead atoms. The Morgan fingerprint density at radius 1 is 1.18 bits per heavy atom. The summed E-state index contributed by atoms with van der Waals surface area (Å²) in [6, 6.07) is 0. The Balaban J connectivity index is 2.55.